The van der Waals surface area contributed by atoms with Crippen molar-refractivity contribution in [3.05, 3.63) is 100 Å². The van der Waals surface area contributed by atoms with Gasteiger partial charge in [0, 0.05) is 30.1 Å². The van der Waals surface area contributed by atoms with Crippen LogP contribution in [0.4, 0.5) is 0 Å². The van der Waals surface area contributed by atoms with Crippen LogP contribution < -0.4 is 4.74 Å². The molecule has 2 heterocycles. The Labute approximate surface area is 227 Å². The van der Waals surface area contributed by atoms with Crippen molar-refractivity contribution in [2.24, 2.45) is 0 Å². The molecule has 0 radical (unpaired) electrons. The van der Waals surface area contributed by atoms with Crippen LogP contribution in [0.1, 0.15) is 66.3 Å². The minimum atomic E-state index is -0.835. The molecule has 8 heteroatoms. The SMILES string of the molecule is CCOC(=O)c1ccc(CN2C(=O)C(=O)/C(=C(\O)c3ccc(OC)c(C(C)(C)C)c3)C2c2ccncc2)cc1. The first-order valence-electron chi connectivity index (χ1n) is 12.7. The highest BCUT2D eigenvalue weighted by molar-refractivity contribution is 6.46. The average molecular weight is 529 g/mol. The third-order valence-corrected chi connectivity index (χ3v) is 6.66. The van der Waals surface area contributed by atoms with Crippen LogP contribution in [-0.2, 0) is 26.3 Å². The Bertz CT molecular complexity index is 1420. The summed E-state index contributed by atoms with van der Waals surface area (Å²) in [7, 11) is 1.58. The fraction of sp³-hybridized carbons (Fsp3) is 0.290. The normalized spacial score (nSPS) is 16.8. The number of ether oxygens (including phenoxy) is 2. The van der Waals surface area contributed by atoms with E-state index in [0.29, 0.717) is 28.0 Å². The van der Waals surface area contributed by atoms with E-state index in [1.54, 1.807) is 81.0 Å². The van der Waals surface area contributed by atoms with E-state index in [4.69, 9.17) is 9.47 Å². The number of benzene rings is 2. The monoisotopic (exact) mass is 528 g/mol. The van der Waals surface area contributed by atoms with Gasteiger partial charge in [0.05, 0.1) is 30.9 Å². The van der Waals surface area contributed by atoms with Crippen LogP contribution in [0.5, 0.6) is 5.75 Å². The number of rotatable bonds is 7. The Morgan fingerprint density at radius 2 is 1.64 bits per heavy atom. The van der Waals surface area contributed by atoms with Crippen LogP contribution in [0.3, 0.4) is 0 Å². The number of aliphatic hydroxyl groups excluding tert-OH is 1. The van der Waals surface area contributed by atoms with E-state index < -0.39 is 23.7 Å². The number of hydrogen-bond acceptors (Lipinski definition) is 7. The summed E-state index contributed by atoms with van der Waals surface area (Å²) < 4.78 is 10.6. The molecule has 0 spiro atoms. The summed E-state index contributed by atoms with van der Waals surface area (Å²) in [5, 5.41) is 11.5. The highest BCUT2D eigenvalue weighted by Gasteiger charge is 2.46. The van der Waals surface area contributed by atoms with Gasteiger partial charge in [-0.3, -0.25) is 14.6 Å². The van der Waals surface area contributed by atoms with E-state index in [-0.39, 0.29) is 29.9 Å². The highest BCUT2D eigenvalue weighted by Crippen LogP contribution is 2.41. The second-order valence-corrected chi connectivity index (χ2v) is 10.3. The molecule has 39 heavy (non-hydrogen) atoms. The molecule has 1 amide bonds. The zero-order valence-corrected chi connectivity index (χ0v) is 22.7. The predicted octanol–water partition coefficient (Wildman–Crippen LogP) is 5.19. The number of nitrogens with zero attached hydrogens (tertiary/aromatic N) is 2. The van der Waals surface area contributed by atoms with Crippen molar-refractivity contribution in [1.29, 1.82) is 0 Å². The molecular formula is C31H32N2O6. The van der Waals surface area contributed by atoms with E-state index >= 15 is 0 Å². The Kier molecular flexibility index (Phi) is 7.85. The molecule has 0 aliphatic carbocycles. The number of esters is 1. The number of aliphatic hydroxyl groups is 1. The van der Waals surface area contributed by atoms with E-state index in [1.807, 2.05) is 20.8 Å². The van der Waals surface area contributed by atoms with Gasteiger partial charge in [-0.05, 0) is 65.9 Å². The van der Waals surface area contributed by atoms with Crippen molar-refractivity contribution in [1.82, 2.24) is 9.88 Å². The van der Waals surface area contributed by atoms with Crippen LogP contribution in [-0.4, -0.2) is 46.4 Å². The lowest BCUT2D eigenvalue weighted by Crippen LogP contribution is -2.29. The third kappa shape index (κ3) is 5.55. The summed E-state index contributed by atoms with van der Waals surface area (Å²) in [6, 6.07) is 14.5. The van der Waals surface area contributed by atoms with E-state index in [1.165, 1.54) is 4.90 Å². The van der Waals surface area contributed by atoms with Gasteiger partial charge in [0.25, 0.3) is 11.7 Å². The van der Waals surface area contributed by atoms with Crippen LogP contribution in [0.25, 0.3) is 5.76 Å². The van der Waals surface area contributed by atoms with Gasteiger partial charge in [0.1, 0.15) is 11.5 Å². The van der Waals surface area contributed by atoms with Crippen LogP contribution in [0.15, 0.2) is 72.6 Å². The maximum Gasteiger partial charge on any atom is 0.338 e. The minimum absolute atomic E-state index is 0.000584. The number of carbonyl (C=O) groups excluding carboxylic acids is 3. The van der Waals surface area contributed by atoms with Gasteiger partial charge in [-0.2, -0.15) is 0 Å². The topological polar surface area (TPSA) is 106 Å². The summed E-state index contributed by atoms with van der Waals surface area (Å²) in [6.07, 6.45) is 3.16. The van der Waals surface area contributed by atoms with Gasteiger partial charge in [0.2, 0.25) is 0 Å². The lowest BCUT2D eigenvalue weighted by molar-refractivity contribution is -0.140. The molecule has 1 N–H and O–H groups in total. The molecule has 4 rings (SSSR count). The van der Waals surface area contributed by atoms with E-state index in [9.17, 15) is 19.5 Å². The molecule has 1 aliphatic rings. The minimum Gasteiger partial charge on any atom is -0.507 e. The van der Waals surface area contributed by atoms with Gasteiger partial charge < -0.3 is 19.5 Å². The molecule has 202 valence electrons. The number of amides is 1. The average Bonchev–Trinajstić information content (AvgIpc) is 3.17. The number of ketones is 1. The fourth-order valence-electron chi connectivity index (χ4n) is 4.69. The number of likely N-dealkylation sites (tertiary alicyclic amines) is 1. The smallest absolute Gasteiger partial charge is 0.338 e. The number of pyridine rings is 1. The molecule has 0 saturated carbocycles. The standard InChI is InChI=1S/C31H32N2O6/c1-6-39-30(37)21-9-7-19(8-10-21)18-33-26(20-13-15-32-16-14-20)25(28(35)29(33)36)27(34)22-11-12-24(38-5)23(17-22)31(2,3)4/h7-17,26,34H,6,18H2,1-5H3/b27-25-. The second-order valence-electron chi connectivity index (χ2n) is 10.3. The number of hydrogen-bond donors (Lipinski definition) is 1. The fourth-order valence-corrected chi connectivity index (χ4v) is 4.69. The van der Waals surface area contributed by atoms with Gasteiger partial charge in [-0.15, -0.1) is 0 Å². The van der Waals surface area contributed by atoms with Crippen molar-refractivity contribution in [3.63, 3.8) is 0 Å². The van der Waals surface area contributed by atoms with Crippen LogP contribution in [0.2, 0.25) is 0 Å². The molecule has 2 aromatic carbocycles. The first kappa shape index (κ1) is 27.6. The summed E-state index contributed by atoms with van der Waals surface area (Å²) >= 11 is 0. The van der Waals surface area contributed by atoms with Gasteiger partial charge in [0.15, 0.2) is 0 Å². The molecule has 0 bridgehead atoms. The largest absolute Gasteiger partial charge is 0.507 e. The van der Waals surface area contributed by atoms with Crippen molar-refractivity contribution in [2.45, 2.75) is 45.7 Å². The van der Waals surface area contributed by atoms with E-state index in [0.717, 1.165) is 5.56 Å². The molecule has 1 aliphatic heterocycles. The number of carbonyl (C=O) groups is 3. The Morgan fingerprint density at radius 3 is 2.23 bits per heavy atom. The molecule has 3 aromatic rings. The molecule has 1 atom stereocenters. The van der Waals surface area contributed by atoms with Gasteiger partial charge >= 0.3 is 5.97 Å². The summed E-state index contributed by atoms with van der Waals surface area (Å²) in [5.74, 6) is -1.53. The lowest BCUT2D eigenvalue weighted by Gasteiger charge is -2.26. The third-order valence-electron chi connectivity index (χ3n) is 6.66. The van der Waals surface area contributed by atoms with Crippen molar-refractivity contribution < 1.29 is 29.0 Å². The molecule has 1 aromatic heterocycles. The summed E-state index contributed by atoms with van der Waals surface area (Å²) in [6.45, 7) is 8.17. The highest BCUT2D eigenvalue weighted by atomic mass is 16.5. The van der Waals surface area contributed by atoms with Gasteiger partial charge in [-0.1, -0.05) is 32.9 Å². The Morgan fingerprint density at radius 1 is 1.00 bits per heavy atom. The molecule has 1 unspecified atom stereocenters. The molecule has 1 saturated heterocycles. The van der Waals surface area contributed by atoms with Crippen molar-refractivity contribution in [2.75, 3.05) is 13.7 Å². The maximum atomic E-state index is 13.4. The number of methoxy groups -OCH3 is 1. The lowest BCUT2D eigenvalue weighted by atomic mass is 9.84. The predicted molar refractivity (Wildman–Crippen MR) is 146 cm³/mol. The van der Waals surface area contributed by atoms with Crippen molar-refractivity contribution in [3.8, 4) is 5.75 Å². The van der Waals surface area contributed by atoms with Crippen LogP contribution in [0, 0.1) is 0 Å². The number of aromatic nitrogens is 1. The Balaban J connectivity index is 1.79. The maximum absolute atomic E-state index is 13.4. The van der Waals surface area contributed by atoms with E-state index in [2.05, 4.69) is 4.98 Å². The first-order chi connectivity index (χ1) is 18.6. The van der Waals surface area contributed by atoms with Crippen LogP contribution >= 0.6 is 0 Å². The second kappa shape index (κ2) is 11.1. The summed E-state index contributed by atoms with van der Waals surface area (Å²) in [5.41, 5.74) is 2.71. The molecule has 1 fully saturated rings. The van der Waals surface area contributed by atoms with Gasteiger partial charge in [-0.25, -0.2) is 4.79 Å². The number of Topliss-reactive ketones (excluding diaryl/α,β-unsaturated/α-hetero) is 1. The quantitative estimate of drug-likeness (QED) is 0.195. The Hall–Kier alpha value is -4.46. The zero-order chi connectivity index (χ0) is 28.3. The molecular weight excluding hydrogens is 496 g/mol. The summed E-state index contributed by atoms with van der Waals surface area (Å²) in [4.78, 5) is 44.3. The van der Waals surface area contributed by atoms with Crippen molar-refractivity contribution >= 4 is 23.4 Å². The first-order valence-corrected chi connectivity index (χ1v) is 12.7. The molecule has 8 nitrogen and oxygen atoms in total. The zero-order valence-electron chi connectivity index (χ0n) is 22.7.